The van der Waals surface area contributed by atoms with E-state index in [1.54, 1.807) is 17.7 Å². The minimum atomic E-state index is 0.178. The second kappa shape index (κ2) is 5.20. The third-order valence-electron chi connectivity index (χ3n) is 3.01. The van der Waals surface area contributed by atoms with Crippen LogP contribution in [0.25, 0.3) is 10.2 Å². The Labute approximate surface area is 112 Å². The molecule has 0 aromatic carbocycles. The van der Waals surface area contributed by atoms with E-state index >= 15 is 0 Å². The quantitative estimate of drug-likeness (QED) is 0.871. The number of aromatic nitrogens is 2. The number of nitrogens with one attached hydrogen (secondary N) is 1. The van der Waals surface area contributed by atoms with Crippen molar-refractivity contribution in [2.45, 2.75) is 27.2 Å². The maximum absolute atomic E-state index is 5.63. The zero-order chi connectivity index (χ0) is 13.2. The number of nitrogens with two attached hydrogens (primary N) is 1. The van der Waals surface area contributed by atoms with E-state index in [4.69, 9.17) is 5.73 Å². The molecule has 18 heavy (non-hydrogen) atoms. The predicted octanol–water partition coefficient (Wildman–Crippen LogP) is 2.79. The van der Waals surface area contributed by atoms with Crippen molar-refractivity contribution >= 4 is 27.4 Å². The van der Waals surface area contributed by atoms with Gasteiger partial charge in [-0.25, -0.2) is 9.97 Å². The molecule has 0 amide bonds. The van der Waals surface area contributed by atoms with Gasteiger partial charge in [0.1, 0.15) is 17.0 Å². The summed E-state index contributed by atoms with van der Waals surface area (Å²) in [5.74, 6) is 0.925. The highest BCUT2D eigenvalue weighted by Crippen LogP contribution is 2.28. The number of rotatable bonds is 5. The second-order valence-corrected chi connectivity index (χ2v) is 6.59. The molecule has 0 fully saturated rings. The van der Waals surface area contributed by atoms with Gasteiger partial charge in [-0.1, -0.05) is 13.8 Å². The highest BCUT2D eigenvalue weighted by atomic mass is 32.1. The monoisotopic (exact) mass is 264 g/mol. The number of hydrogen-bond acceptors (Lipinski definition) is 5. The summed E-state index contributed by atoms with van der Waals surface area (Å²) in [6.45, 7) is 8.10. The smallest absolute Gasteiger partial charge is 0.138 e. The van der Waals surface area contributed by atoms with Crippen molar-refractivity contribution in [1.29, 1.82) is 0 Å². The lowest BCUT2D eigenvalue weighted by Crippen LogP contribution is -2.26. The summed E-state index contributed by atoms with van der Waals surface area (Å²) in [5, 5.41) is 4.54. The molecular weight excluding hydrogens is 244 g/mol. The lowest BCUT2D eigenvalue weighted by Gasteiger charge is -2.24. The Morgan fingerprint density at radius 3 is 2.89 bits per heavy atom. The molecule has 5 heteroatoms. The van der Waals surface area contributed by atoms with E-state index in [0.29, 0.717) is 6.54 Å². The van der Waals surface area contributed by atoms with E-state index in [-0.39, 0.29) is 5.41 Å². The molecule has 0 radical (unpaired) electrons. The average molecular weight is 264 g/mol. The maximum atomic E-state index is 5.63. The third-order valence-corrected chi connectivity index (χ3v) is 3.97. The topological polar surface area (TPSA) is 63.8 Å². The van der Waals surface area contributed by atoms with Gasteiger partial charge >= 0.3 is 0 Å². The van der Waals surface area contributed by atoms with Crippen LogP contribution >= 0.6 is 11.3 Å². The van der Waals surface area contributed by atoms with Crippen molar-refractivity contribution < 1.29 is 0 Å². The standard InChI is InChI=1S/C13H20N4S/c1-9-6-10-11(16-8-17-12(10)18-9)15-7-13(2,3)4-5-14/h6,8H,4-5,7,14H2,1-3H3,(H,15,16,17). The van der Waals surface area contributed by atoms with Crippen LogP contribution in [0.2, 0.25) is 0 Å². The molecule has 3 N–H and O–H groups in total. The van der Waals surface area contributed by atoms with Crippen LogP contribution < -0.4 is 11.1 Å². The van der Waals surface area contributed by atoms with Gasteiger partial charge in [0.15, 0.2) is 0 Å². The van der Waals surface area contributed by atoms with E-state index in [1.807, 2.05) is 0 Å². The first-order chi connectivity index (χ1) is 8.52. The van der Waals surface area contributed by atoms with Crippen LogP contribution in [0.5, 0.6) is 0 Å². The molecule has 0 bridgehead atoms. The highest BCUT2D eigenvalue weighted by molar-refractivity contribution is 7.18. The molecular formula is C13H20N4S. The molecule has 0 saturated carbocycles. The molecule has 0 spiro atoms. The van der Waals surface area contributed by atoms with Crippen molar-refractivity contribution in [3.63, 3.8) is 0 Å². The number of fused-ring (bicyclic) bond motifs is 1. The summed E-state index contributed by atoms with van der Waals surface area (Å²) in [6, 6.07) is 2.14. The number of aryl methyl sites for hydroxylation is 1. The van der Waals surface area contributed by atoms with Crippen molar-refractivity contribution in [2.24, 2.45) is 11.1 Å². The predicted molar refractivity (Wildman–Crippen MR) is 78.1 cm³/mol. The fourth-order valence-electron chi connectivity index (χ4n) is 1.92. The minimum Gasteiger partial charge on any atom is -0.369 e. The first-order valence-corrected chi connectivity index (χ1v) is 6.98. The summed E-state index contributed by atoms with van der Waals surface area (Å²) < 4.78 is 0. The first-order valence-electron chi connectivity index (χ1n) is 6.17. The van der Waals surface area contributed by atoms with Crippen molar-refractivity contribution in [2.75, 3.05) is 18.4 Å². The molecule has 0 saturated heterocycles. The van der Waals surface area contributed by atoms with Gasteiger partial charge in [-0.3, -0.25) is 0 Å². The molecule has 0 atom stereocenters. The Bertz CT molecular complexity index is 533. The Morgan fingerprint density at radius 2 is 2.17 bits per heavy atom. The van der Waals surface area contributed by atoms with Crippen molar-refractivity contribution in [1.82, 2.24) is 9.97 Å². The molecule has 2 rings (SSSR count). The fourth-order valence-corrected chi connectivity index (χ4v) is 2.77. The van der Waals surface area contributed by atoms with Crippen LogP contribution in [-0.2, 0) is 0 Å². The SMILES string of the molecule is Cc1cc2c(NCC(C)(C)CCN)ncnc2s1. The van der Waals surface area contributed by atoms with Crippen LogP contribution in [0.1, 0.15) is 25.1 Å². The molecule has 2 aromatic heterocycles. The van der Waals surface area contributed by atoms with Crippen LogP contribution in [-0.4, -0.2) is 23.1 Å². The van der Waals surface area contributed by atoms with Gasteiger partial charge in [0, 0.05) is 11.4 Å². The normalized spacial score (nSPS) is 12.0. The number of anilines is 1. The van der Waals surface area contributed by atoms with E-state index in [1.165, 1.54) is 4.88 Å². The van der Waals surface area contributed by atoms with E-state index in [0.717, 1.165) is 29.0 Å². The zero-order valence-corrected chi connectivity index (χ0v) is 12.0. The van der Waals surface area contributed by atoms with Crippen LogP contribution in [0.4, 0.5) is 5.82 Å². The Hall–Kier alpha value is -1.20. The fraction of sp³-hybridized carbons (Fsp3) is 0.538. The summed E-state index contributed by atoms with van der Waals surface area (Å²) in [7, 11) is 0. The van der Waals surface area contributed by atoms with Gasteiger partial charge < -0.3 is 11.1 Å². The molecule has 0 aliphatic rings. The largest absolute Gasteiger partial charge is 0.369 e. The Morgan fingerprint density at radius 1 is 1.39 bits per heavy atom. The Balaban J connectivity index is 2.17. The summed E-state index contributed by atoms with van der Waals surface area (Å²) in [6.07, 6.45) is 2.62. The molecule has 0 aliphatic heterocycles. The summed E-state index contributed by atoms with van der Waals surface area (Å²) in [4.78, 5) is 10.9. The molecule has 0 aliphatic carbocycles. The zero-order valence-electron chi connectivity index (χ0n) is 11.2. The van der Waals surface area contributed by atoms with Gasteiger partial charge in [-0.2, -0.15) is 0 Å². The van der Waals surface area contributed by atoms with Crippen molar-refractivity contribution in [3.05, 3.63) is 17.3 Å². The minimum absolute atomic E-state index is 0.178. The van der Waals surface area contributed by atoms with Gasteiger partial charge in [0.2, 0.25) is 0 Å². The molecule has 2 heterocycles. The van der Waals surface area contributed by atoms with Crippen LogP contribution in [0.15, 0.2) is 12.4 Å². The lowest BCUT2D eigenvalue weighted by molar-refractivity contribution is 0.365. The molecule has 98 valence electrons. The summed E-state index contributed by atoms with van der Waals surface area (Å²) in [5.41, 5.74) is 5.80. The van der Waals surface area contributed by atoms with E-state index in [2.05, 4.69) is 42.1 Å². The van der Waals surface area contributed by atoms with Gasteiger partial charge in [0.05, 0.1) is 5.39 Å². The first kappa shape index (κ1) is 13.2. The van der Waals surface area contributed by atoms with E-state index < -0.39 is 0 Å². The number of hydrogen-bond donors (Lipinski definition) is 2. The number of nitrogens with zero attached hydrogens (tertiary/aromatic N) is 2. The van der Waals surface area contributed by atoms with Crippen molar-refractivity contribution in [3.8, 4) is 0 Å². The molecule has 4 nitrogen and oxygen atoms in total. The maximum Gasteiger partial charge on any atom is 0.138 e. The average Bonchev–Trinajstić information content (AvgIpc) is 2.67. The third kappa shape index (κ3) is 2.97. The van der Waals surface area contributed by atoms with Gasteiger partial charge in [0.25, 0.3) is 0 Å². The van der Waals surface area contributed by atoms with Gasteiger partial charge in [-0.15, -0.1) is 11.3 Å². The van der Waals surface area contributed by atoms with E-state index in [9.17, 15) is 0 Å². The summed E-state index contributed by atoms with van der Waals surface area (Å²) >= 11 is 1.70. The lowest BCUT2D eigenvalue weighted by atomic mass is 9.89. The molecule has 2 aromatic rings. The Kier molecular flexibility index (Phi) is 3.82. The molecule has 0 unspecified atom stereocenters. The highest BCUT2D eigenvalue weighted by Gasteiger charge is 2.17. The van der Waals surface area contributed by atoms with Crippen LogP contribution in [0, 0.1) is 12.3 Å². The second-order valence-electron chi connectivity index (χ2n) is 5.35. The van der Waals surface area contributed by atoms with Gasteiger partial charge in [-0.05, 0) is 31.4 Å². The van der Waals surface area contributed by atoms with Crippen LogP contribution in [0.3, 0.4) is 0 Å². The number of thiophene rings is 1.